The Hall–Kier alpha value is -3.07. The highest BCUT2D eigenvalue weighted by Crippen LogP contribution is 2.26. The Morgan fingerprint density at radius 3 is 2.64 bits per heavy atom. The molecule has 3 rings (SSSR count). The normalized spacial score (nSPS) is 10.4. The van der Waals surface area contributed by atoms with Crippen molar-refractivity contribution in [3.8, 4) is 10.8 Å². The Kier molecular flexibility index (Phi) is 3.62. The molecular formula is C13H8N4O4S. The van der Waals surface area contributed by atoms with Gasteiger partial charge in [0, 0.05) is 17.7 Å². The predicted octanol–water partition coefficient (Wildman–Crippen LogP) is 2.96. The number of carbonyl (C=O) groups excluding carboxylic acids is 1. The van der Waals surface area contributed by atoms with Crippen LogP contribution in [0.5, 0.6) is 0 Å². The lowest BCUT2D eigenvalue weighted by atomic mass is 10.2. The number of benzene rings is 1. The first kappa shape index (κ1) is 13.9. The molecule has 0 unspecified atom stereocenters. The number of anilines is 1. The van der Waals surface area contributed by atoms with Crippen LogP contribution in [0.25, 0.3) is 10.8 Å². The maximum atomic E-state index is 12.0. The lowest BCUT2D eigenvalue weighted by molar-refractivity contribution is -0.384. The Labute approximate surface area is 127 Å². The van der Waals surface area contributed by atoms with Crippen molar-refractivity contribution in [3.05, 3.63) is 58.3 Å². The summed E-state index contributed by atoms with van der Waals surface area (Å²) in [6, 6.07) is 8.75. The molecule has 0 aliphatic carbocycles. The van der Waals surface area contributed by atoms with E-state index in [1.165, 1.54) is 41.9 Å². The molecule has 1 aromatic carbocycles. The Morgan fingerprint density at radius 1 is 1.23 bits per heavy atom. The lowest BCUT2D eigenvalue weighted by Crippen LogP contribution is -2.11. The summed E-state index contributed by atoms with van der Waals surface area (Å²) in [5.41, 5.74) is 0.216. The van der Waals surface area contributed by atoms with Gasteiger partial charge in [-0.3, -0.25) is 20.2 Å². The summed E-state index contributed by atoms with van der Waals surface area (Å²) in [7, 11) is 0. The van der Waals surface area contributed by atoms with Crippen molar-refractivity contribution in [1.82, 2.24) is 10.2 Å². The van der Waals surface area contributed by atoms with Crippen LogP contribution in [0.1, 0.15) is 10.4 Å². The van der Waals surface area contributed by atoms with E-state index in [4.69, 9.17) is 4.42 Å². The fourth-order valence-corrected chi connectivity index (χ4v) is 2.38. The third kappa shape index (κ3) is 2.83. The number of carbonyl (C=O) groups is 1. The van der Waals surface area contributed by atoms with E-state index in [2.05, 4.69) is 15.5 Å². The van der Waals surface area contributed by atoms with Crippen molar-refractivity contribution in [2.45, 2.75) is 0 Å². The smallest absolute Gasteiger partial charge is 0.269 e. The Balaban J connectivity index is 1.73. The van der Waals surface area contributed by atoms with E-state index in [0.29, 0.717) is 21.5 Å². The topological polar surface area (TPSA) is 111 Å². The number of hydrogen-bond donors (Lipinski definition) is 1. The van der Waals surface area contributed by atoms with Gasteiger partial charge in [-0.25, -0.2) is 0 Å². The van der Waals surface area contributed by atoms with Crippen LogP contribution in [0, 0.1) is 10.1 Å². The molecule has 22 heavy (non-hydrogen) atoms. The van der Waals surface area contributed by atoms with Gasteiger partial charge >= 0.3 is 0 Å². The van der Waals surface area contributed by atoms with Crippen molar-refractivity contribution in [2.24, 2.45) is 0 Å². The molecule has 0 aliphatic heterocycles. The van der Waals surface area contributed by atoms with Crippen molar-refractivity contribution in [2.75, 3.05) is 5.32 Å². The summed E-state index contributed by atoms with van der Waals surface area (Å²) in [4.78, 5) is 22.1. The van der Waals surface area contributed by atoms with E-state index in [1.54, 1.807) is 12.1 Å². The van der Waals surface area contributed by atoms with E-state index in [9.17, 15) is 14.9 Å². The number of nitro benzene ring substituents is 1. The van der Waals surface area contributed by atoms with Gasteiger partial charge in [0.15, 0.2) is 10.8 Å². The third-order valence-corrected chi connectivity index (χ3v) is 3.57. The van der Waals surface area contributed by atoms with Gasteiger partial charge < -0.3 is 4.42 Å². The molecule has 2 heterocycles. The van der Waals surface area contributed by atoms with Crippen molar-refractivity contribution >= 4 is 28.1 Å². The minimum absolute atomic E-state index is 0.0763. The van der Waals surface area contributed by atoms with Crippen LogP contribution in [-0.4, -0.2) is 21.0 Å². The average Bonchev–Trinajstić information content (AvgIpc) is 3.18. The van der Waals surface area contributed by atoms with Gasteiger partial charge in [-0.1, -0.05) is 11.3 Å². The molecule has 0 saturated carbocycles. The first-order valence-corrected chi connectivity index (χ1v) is 6.88. The predicted molar refractivity (Wildman–Crippen MR) is 78.7 cm³/mol. The number of non-ortho nitro benzene ring substituents is 1. The number of hydrogen-bond acceptors (Lipinski definition) is 7. The van der Waals surface area contributed by atoms with Crippen LogP contribution in [0.15, 0.2) is 47.1 Å². The molecule has 110 valence electrons. The second kappa shape index (κ2) is 5.74. The molecule has 9 heteroatoms. The van der Waals surface area contributed by atoms with E-state index in [1.807, 2.05) is 0 Å². The lowest BCUT2D eigenvalue weighted by Gasteiger charge is -2.00. The Morgan fingerprint density at radius 2 is 2.00 bits per heavy atom. The van der Waals surface area contributed by atoms with E-state index in [0.717, 1.165) is 0 Å². The van der Waals surface area contributed by atoms with Gasteiger partial charge in [-0.15, -0.1) is 10.2 Å². The number of nitrogens with one attached hydrogen (secondary N) is 1. The van der Waals surface area contributed by atoms with Crippen LogP contribution in [0.4, 0.5) is 10.8 Å². The fourth-order valence-electron chi connectivity index (χ4n) is 1.68. The summed E-state index contributed by atoms with van der Waals surface area (Å²) in [5, 5.41) is 21.8. The molecule has 8 nitrogen and oxygen atoms in total. The van der Waals surface area contributed by atoms with E-state index in [-0.39, 0.29) is 5.69 Å². The Bertz CT molecular complexity index is 811. The second-order valence-electron chi connectivity index (χ2n) is 4.15. The molecule has 1 N–H and O–H groups in total. The van der Waals surface area contributed by atoms with E-state index < -0.39 is 10.8 Å². The number of aromatic nitrogens is 2. The molecule has 0 spiro atoms. The van der Waals surface area contributed by atoms with Crippen LogP contribution in [-0.2, 0) is 0 Å². The first-order valence-electron chi connectivity index (χ1n) is 6.06. The SMILES string of the molecule is O=C(Nc1nnc(-c2ccco2)s1)c1ccc([N+](=O)[O-])cc1. The summed E-state index contributed by atoms with van der Waals surface area (Å²) in [6.07, 6.45) is 1.52. The maximum Gasteiger partial charge on any atom is 0.269 e. The minimum Gasteiger partial charge on any atom is -0.462 e. The van der Waals surface area contributed by atoms with Crippen molar-refractivity contribution in [3.63, 3.8) is 0 Å². The number of furan rings is 1. The minimum atomic E-state index is -0.526. The zero-order chi connectivity index (χ0) is 15.5. The van der Waals surface area contributed by atoms with Crippen molar-refractivity contribution < 1.29 is 14.1 Å². The molecule has 0 bridgehead atoms. The average molecular weight is 316 g/mol. The fraction of sp³-hybridized carbons (Fsp3) is 0. The molecule has 1 amide bonds. The number of nitrogens with zero attached hydrogens (tertiary/aromatic N) is 3. The van der Waals surface area contributed by atoms with Crippen LogP contribution in [0.2, 0.25) is 0 Å². The van der Waals surface area contributed by atoms with E-state index >= 15 is 0 Å². The van der Waals surface area contributed by atoms with Crippen LogP contribution < -0.4 is 5.32 Å². The number of nitro groups is 1. The number of amides is 1. The monoisotopic (exact) mass is 316 g/mol. The molecule has 0 atom stereocenters. The van der Waals surface area contributed by atoms with Crippen LogP contribution in [0.3, 0.4) is 0 Å². The summed E-state index contributed by atoms with van der Waals surface area (Å²) in [6.45, 7) is 0. The van der Waals surface area contributed by atoms with Crippen LogP contribution >= 0.6 is 11.3 Å². The summed E-state index contributed by atoms with van der Waals surface area (Å²) < 4.78 is 5.19. The van der Waals surface area contributed by atoms with Gasteiger partial charge in [0.1, 0.15) is 0 Å². The number of rotatable bonds is 4. The quantitative estimate of drug-likeness (QED) is 0.585. The highest BCUT2D eigenvalue weighted by atomic mass is 32.1. The van der Waals surface area contributed by atoms with Gasteiger partial charge in [0.05, 0.1) is 11.2 Å². The summed E-state index contributed by atoms with van der Waals surface area (Å²) in [5.74, 6) is 0.144. The van der Waals surface area contributed by atoms with Gasteiger partial charge in [-0.2, -0.15) is 0 Å². The van der Waals surface area contributed by atoms with Crippen molar-refractivity contribution in [1.29, 1.82) is 0 Å². The molecule has 0 fully saturated rings. The zero-order valence-electron chi connectivity index (χ0n) is 10.9. The molecule has 0 saturated heterocycles. The zero-order valence-corrected chi connectivity index (χ0v) is 11.7. The highest BCUT2D eigenvalue weighted by Gasteiger charge is 2.13. The highest BCUT2D eigenvalue weighted by molar-refractivity contribution is 7.18. The third-order valence-electron chi connectivity index (χ3n) is 2.72. The first-order chi connectivity index (χ1) is 10.6. The maximum absolute atomic E-state index is 12.0. The second-order valence-corrected chi connectivity index (χ2v) is 5.13. The molecule has 0 aliphatic rings. The molecule has 0 radical (unpaired) electrons. The largest absolute Gasteiger partial charge is 0.462 e. The molecule has 2 aromatic heterocycles. The van der Waals surface area contributed by atoms with Gasteiger partial charge in [-0.05, 0) is 24.3 Å². The summed E-state index contributed by atoms with van der Waals surface area (Å²) >= 11 is 1.17. The van der Waals surface area contributed by atoms with Gasteiger partial charge in [0.2, 0.25) is 5.13 Å². The molecular weight excluding hydrogens is 308 g/mol. The standard InChI is InChI=1S/C13H8N4O4S/c18-11(8-3-5-9(6-4-8)17(19)20)14-13-16-15-12(22-13)10-2-1-7-21-10/h1-7H,(H,14,16,18). The van der Waals surface area contributed by atoms with Gasteiger partial charge in [0.25, 0.3) is 11.6 Å². The molecule has 3 aromatic rings.